The Morgan fingerprint density at radius 2 is 1.77 bits per heavy atom. The van der Waals surface area contributed by atoms with Crippen molar-refractivity contribution in [2.45, 2.75) is 89.2 Å². The molecule has 62 heavy (non-hydrogen) atoms. The summed E-state index contributed by atoms with van der Waals surface area (Å²) in [7, 11) is 1.55. The topological polar surface area (TPSA) is 132 Å². The number of pyridine rings is 1. The molecule has 7 rings (SSSR count). The van der Waals surface area contributed by atoms with Crippen molar-refractivity contribution in [3.63, 3.8) is 0 Å². The lowest BCUT2D eigenvalue weighted by Gasteiger charge is -2.59. The number of rotatable bonds is 21. The van der Waals surface area contributed by atoms with E-state index in [1.54, 1.807) is 24.2 Å². The number of aryl methyl sites for hydroxylation is 1. The lowest BCUT2D eigenvalue weighted by atomic mass is 9.55. The summed E-state index contributed by atoms with van der Waals surface area (Å²) in [6.07, 6.45) is 10.7. The summed E-state index contributed by atoms with van der Waals surface area (Å²) >= 11 is 0. The molecule has 1 amide bonds. The molecule has 2 N–H and O–H groups in total. The monoisotopic (exact) mass is 843 g/mol. The third-order valence-electron chi connectivity index (χ3n) is 12.6. The van der Waals surface area contributed by atoms with E-state index in [1.807, 2.05) is 61.5 Å². The number of benzene rings is 3. The van der Waals surface area contributed by atoms with Crippen molar-refractivity contribution in [2.24, 2.45) is 22.9 Å². The zero-order valence-electron chi connectivity index (χ0n) is 36.1. The average molecular weight is 844 g/mol. The minimum absolute atomic E-state index is 0.0608. The van der Waals surface area contributed by atoms with Gasteiger partial charge in [0.15, 0.2) is 0 Å². The number of carbonyl (C=O) groups excluding carboxylic acids is 1. The molecule has 2 aliphatic carbocycles. The number of allylic oxidation sites excluding steroid dienone is 1. The molecule has 1 saturated carbocycles. The Morgan fingerprint density at radius 1 is 0.984 bits per heavy atom. The Bertz CT molecular complexity index is 2230. The fraction of sp³-hybridized carbons (Fsp3) is 0.431. The van der Waals surface area contributed by atoms with E-state index in [0.29, 0.717) is 43.1 Å². The molecular weight excluding hydrogens is 783 g/mol. The standard InChI is InChI=1S/C51H61N3O8/c1-5-7-29-59-50(57)54(33-38-20-15-19-36-17-8-9-22-41(36)38)47-32-45(53-58-4)43-30-37(18-10-12-26-55)42(23-11-13-27-56)48-44-31-40(60-34-39-21-14-16-35(3)52-39)24-25-46(44)62-51(47,49(43)48)61-28-6-2/h5-6,8-9,14-17,19-22,24-25,30-31,37,42,47-49,55-56H,1-2,7,10-13,18,23,26-29,32-34H2,3-4H3/t37-,42+,47-,48+,49+,51+/m0/s1. The molecule has 11 heteroatoms. The number of aliphatic hydroxyl groups excluding tert-OH is 2. The Labute approximate surface area is 365 Å². The first-order chi connectivity index (χ1) is 30.3. The highest BCUT2D eigenvalue weighted by atomic mass is 16.7. The van der Waals surface area contributed by atoms with Crippen LogP contribution >= 0.6 is 0 Å². The molecule has 1 fully saturated rings. The molecule has 0 saturated heterocycles. The second-order valence-corrected chi connectivity index (χ2v) is 16.5. The van der Waals surface area contributed by atoms with E-state index in [0.717, 1.165) is 64.5 Å². The molecule has 0 spiro atoms. The van der Waals surface area contributed by atoms with Gasteiger partial charge in [0, 0.05) is 36.8 Å². The van der Waals surface area contributed by atoms with Gasteiger partial charge in [-0.1, -0.05) is 84.8 Å². The maximum Gasteiger partial charge on any atom is 0.410 e. The highest BCUT2D eigenvalue weighted by Crippen LogP contribution is 2.62. The van der Waals surface area contributed by atoms with E-state index in [9.17, 15) is 15.0 Å². The zero-order valence-corrected chi connectivity index (χ0v) is 36.1. The van der Waals surface area contributed by atoms with Gasteiger partial charge in [-0.2, -0.15) is 0 Å². The van der Waals surface area contributed by atoms with Crippen LogP contribution in [0.2, 0.25) is 0 Å². The Balaban J connectivity index is 1.43. The van der Waals surface area contributed by atoms with Gasteiger partial charge in [0.1, 0.15) is 31.3 Å². The van der Waals surface area contributed by atoms with Crippen LogP contribution in [0.25, 0.3) is 10.8 Å². The van der Waals surface area contributed by atoms with Crippen LogP contribution in [0.4, 0.5) is 4.79 Å². The van der Waals surface area contributed by atoms with Crippen LogP contribution < -0.4 is 9.47 Å². The van der Waals surface area contributed by atoms with E-state index in [-0.39, 0.29) is 57.1 Å². The Hall–Kier alpha value is -5.49. The number of carbonyl (C=O) groups is 1. The molecule has 1 aromatic heterocycles. The minimum atomic E-state index is -1.44. The molecule has 6 atom stereocenters. The van der Waals surface area contributed by atoms with E-state index >= 15 is 0 Å². The van der Waals surface area contributed by atoms with Gasteiger partial charge in [-0.15, -0.1) is 13.2 Å². The molecule has 0 unspecified atom stereocenters. The van der Waals surface area contributed by atoms with Gasteiger partial charge < -0.3 is 34.0 Å². The number of oxime groups is 1. The first-order valence-electron chi connectivity index (χ1n) is 22.0. The van der Waals surface area contributed by atoms with Gasteiger partial charge in [-0.25, -0.2) is 4.79 Å². The van der Waals surface area contributed by atoms with E-state index < -0.39 is 23.8 Å². The number of aliphatic hydroxyl groups is 2. The van der Waals surface area contributed by atoms with E-state index in [1.165, 1.54) is 0 Å². The summed E-state index contributed by atoms with van der Waals surface area (Å²) in [4.78, 5) is 26.8. The smallest absolute Gasteiger partial charge is 0.410 e. The second-order valence-electron chi connectivity index (χ2n) is 16.5. The number of aromatic nitrogens is 1. The van der Waals surface area contributed by atoms with Gasteiger partial charge in [0.25, 0.3) is 0 Å². The van der Waals surface area contributed by atoms with Crippen LogP contribution in [-0.4, -0.2) is 77.3 Å². The van der Waals surface area contributed by atoms with Crippen LogP contribution in [0.15, 0.2) is 121 Å². The van der Waals surface area contributed by atoms with Crippen LogP contribution in [0, 0.1) is 24.7 Å². The molecule has 3 aromatic carbocycles. The van der Waals surface area contributed by atoms with E-state index in [4.69, 9.17) is 28.9 Å². The van der Waals surface area contributed by atoms with E-state index in [2.05, 4.69) is 48.5 Å². The summed E-state index contributed by atoms with van der Waals surface area (Å²) in [5, 5.41) is 26.7. The minimum Gasteiger partial charge on any atom is -0.487 e. The second kappa shape index (κ2) is 21.1. The third-order valence-corrected chi connectivity index (χ3v) is 12.6. The largest absolute Gasteiger partial charge is 0.487 e. The van der Waals surface area contributed by atoms with Crippen molar-refractivity contribution in [2.75, 3.05) is 33.5 Å². The van der Waals surface area contributed by atoms with Gasteiger partial charge in [0.05, 0.1) is 37.1 Å². The number of nitrogens with zero attached hydrogens (tertiary/aromatic N) is 3. The van der Waals surface area contributed by atoms with Crippen molar-refractivity contribution in [1.82, 2.24) is 9.88 Å². The highest BCUT2D eigenvalue weighted by Gasteiger charge is 2.65. The van der Waals surface area contributed by atoms with Crippen molar-refractivity contribution in [3.05, 3.63) is 138 Å². The predicted octanol–water partition coefficient (Wildman–Crippen LogP) is 9.60. The first kappa shape index (κ1) is 44.6. The Morgan fingerprint density at radius 3 is 2.55 bits per heavy atom. The third kappa shape index (κ3) is 9.60. The van der Waals surface area contributed by atoms with Crippen LogP contribution in [0.1, 0.15) is 79.8 Å². The maximum atomic E-state index is 14.8. The SMILES string of the molecule is C=CCCOC(=O)N(Cc1cccc2ccccc12)[C@H]1CC(=NOC)C2=C[C@H](CCCCO)[C@@H](CCCCO)[C@@H]3c4cc(OCc5cccc(C)n5)ccc4O[C@@]1(OCC=C)[C@H]23. The average Bonchev–Trinajstić information content (AvgIpc) is 3.28. The van der Waals surface area contributed by atoms with Crippen LogP contribution in [0.3, 0.4) is 0 Å². The number of amides is 1. The normalized spacial score (nSPS) is 23.1. The lowest BCUT2D eigenvalue weighted by molar-refractivity contribution is -0.256. The van der Waals surface area contributed by atoms with Gasteiger partial charge in [0.2, 0.25) is 5.79 Å². The maximum absolute atomic E-state index is 14.8. The molecule has 0 radical (unpaired) electrons. The van der Waals surface area contributed by atoms with Crippen molar-refractivity contribution < 1.29 is 38.8 Å². The number of ether oxygens (including phenoxy) is 4. The summed E-state index contributed by atoms with van der Waals surface area (Å²) in [5.41, 5.74) is 5.32. The molecule has 328 valence electrons. The highest BCUT2D eigenvalue weighted by molar-refractivity contribution is 6.03. The van der Waals surface area contributed by atoms with Crippen molar-refractivity contribution in [1.29, 1.82) is 0 Å². The number of hydrogen-bond acceptors (Lipinski definition) is 10. The molecular formula is C51H61N3O8. The number of hydrogen-bond donors (Lipinski definition) is 2. The molecule has 4 aromatic rings. The van der Waals surface area contributed by atoms with Crippen molar-refractivity contribution in [3.8, 4) is 11.5 Å². The fourth-order valence-corrected chi connectivity index (χ4v) is 9.91. The zero-order chi connectivity index (χ0) is 43.5. The summed E-state index contributed by atoms with van der Waals surface area (Å²) in [6.45, 7) is 10.9. The van der Waals surface area contributed by atoms with Crippen molar-refractivity contribution >= 4 is 22.6 Å². The summed E-state index contributed by atoms with van der Waals surface area (Å²) in [5.74, 6) is -0.644. The van der Waals surface area contributed by atoms with Gasteiger partial charge in [-0.05, 0) is 103 Å². The van der Waals surface area contributed by atoms with Crippen LogP contribution in [-0.2, 0) is 27.5 Å². The van der Waals surface area contributed by atoms with Gasteiger partial charge >= 0.3 is 6.09 Å². The number of fused-ring (bicyclic) bond motifs is 3. The lowest BCUT2D eigenvalue weighted by Crippen LogP contribution is -2.70. The molecule has 2 heterocycles. The first-order valence-corrected chi connectivity index (χ1v) is 22.0. The summed E-state index contributed by atoms with van der Waals surface area (Å²) in [6, 6.07) is 25.4. The molecule has 1 aliphatic heterocycles. The fourth-order valence-electron chi connectivity index (χ4n) is 9.91. The predicted molar refractivity (Wildman–Crippen MR) is 241 cm³/mol. The summed E-state index contributed by atoms with van der Waals surface area (Å²) < 4.78 is 27.1. The number of unbranched alkanes of at least 4 members (excludes halogenated alkanes) is 2. The molecule has 3 aliphatic rings. The quantitative estimate of drug-likeness (QED) is 0.0478. The Kier molecular flexibility index (Phi) is 15.1. The molecule has 0 bridgehead atoms. The van der Waals surface area contributed by atoms with Crippen LogP contribution in [0.5, 0.6) is 11.5 Å². The van der Waals surface area contributed by atoms with Gasteiger partial charge in [-0.3, -0.25) is 9.88 Å². The molecule has 11 nitrogen and oxygen atoms in total.